The minimum absolute atomic E-state index is 0.105. The normalized spacial score (nSPS) is 14.0. The van der Waals surface area contributed by atoms with E-state index in [1.807, 2.05) is 0 Å². The molecule has 0 spiro atoms. The molecule has 0 amide bonds. The third-order valence-electron chi connectivity index (χ3n) is 18.4. The molecule has 0 rings (SSSR count). The first-order valence-corrected chi connectivity index (χ1v) is 43.8. The number of phosphoric ester groups is 2. The monoisotopic (exact) mass is 1440 g/mol. The minimum atomic E-state index is -4.96. The Morgan fingerprint density at radius 3 is 0.694 bits per heavy atom. The third kappa shape index (κ3) is 72.4. The second kappa shape index (κ2) is 69.4. The first-order chi connectivity index (χ1) is 47.2. The molecule has 0 heterocycles. The van der Waals surface area contributed by atoms with Crippen LogP contribution in [0.25, 0.3) is 0 Å². The number of unbranched alkanes of at least 4 members (excludes halogenated alkanes) is 45. The van der Waals surface area contributed by atoms with Gasteiger partial charge in [-0.3, -0.25) is 37.3 Å². The number of rotatable bonds is 77. The summed E-state index contributed by atoms with van der Waals surface area (Å²) in [5.41, 5.74) is 0. The standard InChI is InChI=1S/C79H154O17P2/c1-8-9-10-11-12-13-14-15-16-17-18-19-20-21-22-23-24-33-41-48-55-62-78(83)95-74(66-89-76(81)60-53-46-39-32-26-25-29-36-43-50-57-70(2)3)68-93-97(85,86)91-64-73(80)65-92-98(87,88)94-69-75(96-79(84)63-56-49-42-35-28-31-38-45-52-59-72(6)7)67-90-77(82)61-54-47-40-34-27-30-37-44-51-58-71(4)5/h70-75,80H,8-69H2,1-7H3,(H,85,86)(H,87,88)/t73-,74-,75-/m1/s1. The summed E-state index contributed by atoms with van der Waals surface area (Å²) in [6.45, 7) is 11.9. The fourth-order valence-electron chi connectivity index (χ4n) is 12.1. The van der Waals surface area contributed by atoms with Gasteiger partial charge < -0.3 is 33.8 Å². The number of hydrogen-bond acceptors (Lipinski definition) is 15. The van der Waals surface area contributed by atoms with E-state index in [0.29, 0.717) is 25.7 Å². The molecule has 0 aliphatic heterocycles. The number of aliphatic hydroxyl groups excluding tert-OH is 1. The van der Waals surface area contributed by atoms with Crippen LogP contribution in [0.3, 0.4) is 0 Å². The maximum absolute atomic E-state index is 13.1. The Morgan fingerprint density at radius 1 is 0.276 bits per heavy atom. The highest BCUT2D eigenvalue weighted by Gasteiger charge is 2.30. The van der Waals surface area contributed by atoms with Crippen molar-refractivity contribution in [2.24, 2.45) is 17.8 Å². The van der Waals surface area contributed by atoms with Gasteiger partial charge >= 0.3 is 39.5 Å². The molecule has 2 unspecified atom stereocenters. The zero-order valence-corrected chi connectivity index (χ0v) is 66.0. The molecule has 0 saturated heterocycles. The van der Waals surface area contributed by atoms with Crippen LogP contribution in [0.5, 0.6) is 0 Å². The van der Waals surface area contributed by atoms with Gasteiger partial charge in [0.1, 0.15) is 19.3 Å². The van der Waals surface area contributed by atoms with E-state index in [1.54, 1.807) is 0 Å². The minimum Gasteiger partial charge on any atom is -0.462 e. The molecule has 3 N–H and O–H groups in total. The smallest absolute Gasteiger partial charge is 0.462 e. The molecule has 0 bridgehead atoms. The molecular formula is C79H154O17P2. The highest BCUT2D eigenvalue weighted by molar-refractivity contribution is 7.47. The van der Waals surface area contributed by atoms with E-state index in [1.165, 1.54) is 218 Å². The Labute approximate surface area is 600 Å². The Morgan fingerprint density at radius 2 is 0.469 bits per heavy atom. The zero-order chi connectivity index (χ0) is 72.3. The van der Waals surface area contributed by atoms with Gasteiger partial charge in [-0.25, -0.2) is 9.13 Å². The number of esters is 4. The van der Waals surface area contributed by atoms with Crippen molar-refractivity contribution < 1.29 is 80.2 Å². The largest absolute Gasteiger partial charge is 0.472 e. The molecular weight excluding hydrogens is 1280 g/mol. The van der Waals surface area contributed by atoms with Gasteiger partial charge in [0.15, 0.2) is 12.2 Å². The van der Waals surface area contributed by atoms with E-state index in [4.69, 9.17) is 37.0 Å². The second-order valence-corrected chi connectivity index (χ2v) is 32.8. The van der Waals surface area contributed by atoms with Crippen molar-refractivity contribution in [1.82, 2.24) is 0 Å². The van der Waals surface area contributed by atoms with Crippen molar-refractivity contribution in [3.63, 3.8) is 0 Å². The highest BCUT2D eigenvalue weighted by Crippen LogP contribution is 2.45. The van der Waals surface area contributed by atoms with Crippen LogP contribution in [-0.4, -0.2) is 96.7 Å². The van der Waals surface area contributed by atoms with Crippen molar-refractivity contribution in [1.29, 1.82) is 0 Å². The summed E-state index contributed by atoms with van der Waals surface area (Å²) in [6.07, 6.45) is 57.0. The first-order valence-electron chi connectivity index (χ1n) is 40.8. The van der Waals surface area contributed by atoms with Crippen LogP contribution in [0.15, 0.2) is 0 Å². The first kappa shape index (κ1) is 96.1. The van der Waals surface area contributed by atoms with Gasteiger partial charge in [0, 0.05) is 25.7 Å². The van der Waals surface area contributed by atoms with Gasteiger partial charge in [0.25, 0.3) is 0 Å². The summed E-state index contributed by atoms with van der Waals surface area (Å²) < 4.78 is 68.6. The van der Waals surface area contributed by atoms with Crippen molar-refractivity contribution >= 4 is 39.5 Å². The summed E-state index contributed by atoms with van der Waals surface area (Å²) in [4.78, 5) is 72.9. The fraction of sp³-hybridized carbons (Fsp3) is 0.949. The topological polar surface area (TPSA) is 237 Å². The Hall–Kier alpha value is -1.94. The number of ether oxygens (including phenoxy) is 4. The maximum Gasteiger partial charge on any atom is 0.472 e. The Bertz CT molecular complexity index is 1900. The molecule has 0 aromatic rings. The summed E-state index contributed by atoms with van der Waals surface area (Å²) in [6, 6.07) is 0. The van der Waals surface area contributed by atoms with E-state index in [0.717, 1.165) is 108 Å². The molecule has 98 heavy (non-hydrogen) atoms. The van der Waals surface area contributed by atoms with Crippen LogP contribution in [0.4, 0.5) is 0 Å². The lowest BCUT2D eigenvalue weighted by atomic mass is 10.0. The predicted octanol–water partition coefficient (Wildman–Crippen LogP) is 23.4. The molecule has 0 aliphatic rings. The Kier molecular flexibility index (Phi) is 68.1. The van der Waals surface area contributed by atoms with Crippen LogP contribution in [0.1, 0.15) is 408 Å². The van der Waals surface area contributed by atoms with Crippen molar-refractivity contribution in [3.05, 3.63) is 0 Å². The van der Waals surface area contributed by atoms with Gasteiger partial charge in [0.2, 0.25) is 0 Å². The zero-order valence-electron chi connectivity index (χ0n) is 64.3. The SMILES string of the molecule is CCCCCCCCCCCCCCCCCCCCCCCC(=O)O[C@H](COC(=O)CCCCCCCCCCCCC(C)C)COP(=O)(O)OC[C@@H](O)COP(=O)(O)OC[C@@H](COC(=O)CCCCCCCCCCCC(C)C)OC(=O)CCCCCCCCCCCC(C)C. The van der Waals surface area contributed by atoms with Crippen molar-refractivity contribution in [3.8, 4) is 0 Å². The highest BCUT2D eigenvalue weighted by atomic mass is 31.2. The number of aliphatic hydroxyl groups is 1. The van der Waals surface area contributed by atoms with Crippen LogP contribution in [0.2, 0.25) is 0 Å². The van der Waals surface area contributed by atoms with Crippen LogP contribution in [-0.2, 0) is 65.4 Å². The van der Waals surface area contributed by atoms with Gasteiger partial charge in [-0.15, -0.1) is 0 Å². The van der Waals surface area contributed by atoms with Crippen LogP contribution >= 0.6 is 15.6 Å². The third-order valence-corrected chi connectivity index (χ3v) is 20.3. The van der Waals surface area contributed by atoms with E-state index in [-0.39, 0.29) is 25.7 Å². The van der Waals surface area contributed by atoms with E-state index in [9.17, 15) is 43.2 Å². The lowest BCUT2D eigenvalue weighted by molar-refractivity contribution is -0.161. The summed E-state index contributed by atoms with van der Waals surface area (Å²) in [5, 5.41) is 10.6. The second-order valence-electron chi connectivity index (χ2n) is 29.9. The molecule has 0 saturated carbocycles. The molecule has 5 atom stereocenters. The Balaban J connectivity index is 5.22. The van der Waals surface area contributed by atoms with Gasteiger partial charge in [-0.2, -0.15) is 0 Å². The van der Waals surface area contributed by atoms with Gasteiger partial charge in [-0.1, -0.05) is 357 Å². The quantitative estimate of drug-likeness (QED) is 0.0222. The number of carbonyl (C=O) groups is 4. The summed E-state index contributed by atoms with van der Waals surface area (Å²) in [7, 11) is -9.92. The molecule has 582 valence electrons. The average Bonchev–Trinajstić information content (AvgIpc) is 1.01. The van der Waals surface area contributed by atoms with Crippen LogP contribution in [0, 0.1) is 17.8 Å². The molecule has 0 radical (unpaired) electrons. The molecule has 0 aromatic carbocycles. The number of carbonyl (C=O) groups excluding carboxylic acids is 4. The molecule has 19 heteroatoms. The molecule has 17 nitrogen and oxygen atoms in total. The fourth-order valence-corrected chi connectivity index (χ4v) is 13.7. The summed E-state index contributed by atoms with van der Waals surface area (Å²) in [5.74, 6) is 0.123. The average molecular weight is 1440 g/mol. The lowest BCUT2D eigenvalue weighted by Crippen LogP contribution is -2.30. The maximum atomic E-state index is 13.1. The van der Waals surface area contributed by atoms with Gasteiger partial charge in [0.05, 0.1) is 26.4 Å². The van der Waals surface area contributed by atoms with Gasteiger partial charge in [-0.05, 0) is 43.4 Å². The van der Waals surface area contributed by atoms with E-state index >= 15 is 0 Å². The molecule has 0 fully saturated rings. The van der Waals surface area contributed by atoms with E-state index in [2.05, 4.69) is 48.5 Å². The lowest BCUT2D eigenvalue weighted by Gasteiger charge is -2.21. The number of hydrogen-bond donors (Lipinski definition) is 3. The van der Waals surface area contributed by atoms with Crippen LogP contribution < -0.4 is 0 Å². The number of phosphoric acid groups is 2. The van der Waals surface area contributed by atoms with Crippen molar-refractivity contribution in [2.45, 2.75) is 426 Å². The molecule has 0 aromatic heterocycles. The van der Waals surface area contributed by atoms with E-state index < -0.39 is 97.5 Å². The molecule has 0 aliphatic carbocycles. The van der Waals surface area contributed by atoms with Crippen molar-refractivity contribution in [2.75, 3.05) is 39.6 Å². The summed E-state index contributed by atoms with van der Waals surface area (Å²) >= 11 is 0. The predicted molar refractivity (Wildman–Crippen MR) is 400 cm³/mol.